The van der Waals surface area contributed by atoms with Gasteiger partial charge < -0.3 is 10.8 Å². The van der Waals surface area contributed by atoms with Crippen LogP contribution in [0.4, 0.5) is 0 Å². The molecule has 2 aliphatic carbocycles. The highest BCUT2D eigenvalue weighted by molar-refractivity contribution is 5.91. The van der Waals surface area contributed by atoms with Crippen molar-refractivity contribution in [2.75, 3.05) is 0 Å². The van der Waals surface area contributed by atoms with Crippen LogP contribution < -0.4 is 5.73 Å². The SMILES string of the molecule is CC(C)(C)[C@H](N)C(=O)C1C[C@H]2[C@@H]([C@H]1C(=O)O)C2(C)C. The third-order valence-electron chi connectivity index (χ3n) is 5.36. The first-order valence-corrected chi connectivity index (χ1v) is 7.01. The van der Waals surface area contributed by atoms with Gasteiger partial charge in [0.1, 0.15) is 0 Å². The first kappa shape index (κ1) is 14.5. The lowest BCUT2D eigenvalue weighted by Gasteiger charge is -2.31. The van der Waals surface area contributed by atoms with Gasteiger partial charge in [0.25, 0.3) is 0 Å². The van der Waals surface area contributed by atoms with Gasteiger partial charge in [-0.05, 0) is 29.1 Å². The summed E-state index contributed by atoms with van der Waals surface area (Å²) in [4.78, 5) is 24.0. The van der Waals surface area contributed by atoms with Gasteiger partial charge >= 0.3 is 5.97 Å². The van der Waals surface area contributed by atoms with Crippen molar-refractivity contribution in [3.05, 3.63) is 0 Å². The molecule has 0 spiro atoms. The summed E-state index contributed by atoms with van der Waals surface area (Å²) >= 11 is 0. The predicted molar refractivity (Wildman–Crippen MR) is 72.4 cm³/mol. The van der Waals surface area contributed by atoms with Gasteiger partial charge in [0.05, 0.1) is 12.0 Å². The number of fused-ring (bicyclic) bond motifs is 1. The summed E-state index contributed by atoms with van der Waals surface area (Å²) in [6, 6.07) is -0.583. The maximum atomic E-state index is 12.5. The first-order chi connectivity index (χ1) is 8.49. The Morgan fingerprint density at radius 3 is 2.26 bits per heavy atom. The van der Waals surface area contributed by atoms with E-state index in [-0.39, 0.29) is 22.5 Å². The van der Waals surface area contributed by atoms with Crippen molar-refractivity contribution in [1.29, 1.82) is 0 Å². The van der Waals surface area contributed by atoms with Crippen LogP contribution in [-0.4, -0.2) is 22.9 Å². The number of nitrogens with two attached hydrogens (primary N) is 1. The second kappa shape index (κ2) is 4.05. The van der Waals surface area contributed by atoms with E-state index >= 15 is 0 Å². The van der Waals surface area contributed by atoms with Crippen LogP contribution in [0.15, 0.2) is 0 Å². The molecule has 19 heavy (non-hydrogen) atoms. The Labute approximate surface area is 114 Å². The molecular formula is C15H25NO3. The van der Waals surface area contributed by atoms with E-state index in [4.69, 9.17) is 5.73 Å². The van der Waals surface area contributed by atoms with Crippen molar-refractivity contribution in [2.45, 2.75) is 47.1 Å². The summed E-state index contributed by atoms with van der Waals surface area (Å²) in [6.07, 6.45) is 0.692. The fraction of sp³-hybridized carbons (Fsp3) is 0.867. The molecule has 0 saturated heterocycles. The van der Waals surface area contributed by atoms with Crippen LogP contribution >= 0.6 is 0 Å². The standard InChI is InChI=1S/C15H25NO3/c1-14(2,3)12(16)11(17)7-6-8-10(15(8,4)5)9(7)13(18)19/h7-10,12H,6,16H2,1-5H3,(H,18,19)/t7?,8-,9-,10-,12+/m0/s1. The molecule has 4 nitrogen and oxygen atoms in total. The van der Waals surface area contributed by atoms with Gasteiger partial charge in [-0.3, -0.25) is 9.59 Å². The number of carbonyl (C=O) groups is 2. The number of carboxylic acid groups (broad SMARTS) is 1. The van der Waals surface area contributed by atoms with Crippen LogP contribution in [0.5, 0.6) is 0 Å². The molecule has 2 aliphatic rings. The third kappa shape index (κ3) is 2.10. The molecule has 0 aromatic rings. The summed E-state index contributed by atoms with van der Waals surface area (Å²) in [5.41, 5.74) is 5.78. The number of Topliss-reactive ketones (excluding diaryl/α,β-unsaturated/α-hetero) is 1. The number of carbonyl (C=O) groups excluding carboxylic acids is 1. The zero-order valence-corrected chi connectivity index (χ0v) is 12.4. The minimum Gasteiger partial charge on any atom is -0.481 e. The van der Waals surface area contributed by atoms with Gasteiger partial charge in [-0.25, -0.2) is 0 Å². The van der Waals surface area contributed by atoms with Gasteiger partial charge in [-0.2, -0.15) is 0 Å². The Hall–Kier alpha value is -0.900. The van der Waals surface area contributed by atoms with Crippen LogP contribution in [0.2, 0.25) is 0 Å². The van der Waals surface area contributed by atoms with E-state index in [2.05, 4.69) is 13.8 Å². The molecule has 2 saturated carbocycles. The van der Waals surface area contributed by atoms with E-state index in [1.807, 2.05) is 20.8 Å². The van der Waals surface area contributed by atoms with Crippen LogP contribution in [0, 0.1) is 34.5 Å². The highest BCUT2D eigenvalue weighted by Crippen LogP contribution is 2.70. The zero-order valence-electron chi connectivity index (χ0n) is 12.4. The van der Waals surface area contributed by atoms with E-state index in [0.717, 1.165) is 0 Å². The monoisotopic (exact) mass is 267 g/mol. The number of rotatable bonds is 3. The molecule has 0 bridgehead atoms. The molecule has 0 heterocycles. The van der Waals surface area contributed by atoms with Crippen molar-refractivity contribution in [3.63, 3.8) is 0 Å². The smallest absolute Gasteiger partial charge is 0.307 e. The van der Waals surface area contributed by atoms with Crippen molar-refractivity contribution in [2.24, 2.45) is 40.2 Å². The lowest BCUT2D eigenvalue weighted by molar-refractivity contribution is -0.148. The Balaban J connectivity index is 2.19. The van der Waals surface area contributed by atoms with Crippen molar-refractivity contribution >= 4 is 11.8 Å². The van der Waals surface area contributed by atoms with E-state index in [1.54, 1.807) is 0 Å². The number of aliphatic carboxylic acids is 1. The summed E-state index contributed by atoms with van der Waals surface area (Å²) < 4.78 is 0. The quantitative estimate of drug-likeness (QED) is 0.818. The summed E-state index contributed by atoms with van der Waals surface area (Å²) in [5, 5.41) is 9.45. The first-order valence-electron chi connectivity index (χ1n) is 7.01. The van der Waals surface area contributed by atoms with E-state index in [0.29, 0.717) is 12.3 Å². The topological polar surface area (TPSA) is 80.4 Å². The summed E-state index contributed by atoms with van der Waals surface area (Å²) in [7, 11) is 0. The van der Waals surface area contributed by atoms with Crippen molar-refractivity contribution < 1.29 is 14.7 Å². The molecule has 0 radical (unpaired) electrons. The van der Waals surface area contributed by atoms with Gasteiger partial charge in [0.15, 0.2) is 5.78 Å². The predicted octanol–water partition coefficient (Wildman–Crippen LogP) is 1.92. The molecule has 1 unspecified atom stereocenters. The second-order valence-electron chi connectivity index (χ2n) is 7.91. The molecule has 4 heteroatoms. The van der Waals surface area contributed by atoms with E-state index in [1.165, 1.54) is 0 Å². The number of hydrogen-bond acceptors (Lipinski definition) is 3. The van der Waals surface area contributed by atoms with Gasteiger partial charge in [0.2, 0.25) is 0 Å². The molecule has 0 amide bonds. The van der Waals surface area contributed by atoms with Gasteiger partial charge in [-0.1, -0.05) is 34.6 Å². The Bertz CT molecular complexity index is 422. The average Bonchev–Trinajstić information content (AvgIpc) is 2.65. The molecule has 3 N–H and O–H groups in total. The average molecular weight is 267 g/mol. The molecule has 0 aliphatic heterocycles. The lowest BCUT2D eigenvalue weighted by Crippen LogP contribution is -2.47. The van der Waals surface area contributed by atoms with Crippen LogP contribution in [0.1, 0.15) is 41.0 Å². The largest absolute Gasteiger partial charge is 0.481 e. The maximum absolute atomic E-state index is 12.5. The molecule has 108 valence electrons. The lowest BCUT2D eigenvalue weighted by atomic mass is 9.75. The fourth-order valence-corrected chi connectivity index (χ4v) is 3.90. The highest BCUT2D eigenvalue weighted by atomic mass is 16.4. The molecule has 2 fully saturated rings. The minimum absolute atomic E-state index is 0.0668. The number of carboxylic acids is 1. The zero-order chi connectivity index (χ0) is 14.7. The maximum Gasteiger partial charge on any atom is 0.307 e. The van der Waals surface area contributed by atoms with Gasteiger partial charge in [-0.15, -0.1) is 0 Å². The molecular weight excluding hydrogens is 242 g/mol. The minimum atomic E-state index is -0.836. The van der Waals surface area contributed by atoms with Crippen molar-refractivity contribution in [3.8, 4) is 0 Å². The summed E-state index contributed by atoms with van der Waals surface area (Å²) in [6.45, 7) is 9.96. The van der Waals surface area contributed by atoms with E-state index < -0.39 is 23.8 Å². The van der Waals surface area contributed by atoms with Crippen LogP contribution in [-0.2, 0) is 9.59 Å². The molecule has 0 aromatic heterocycles. The Morgan fingerprint density at radius 1 is 1.32 bits per heavy atom. The van der Waals surface area contributed by atoms with Crippen LogP contribution in [0.25, 0.3) is 0 Å². The highest BCUT2D eigenvalue weighted by Gasteiger charge is 2.70. The fourth-order valence-electron chi connectivity index (χ4n) is 3.90. The Morgan fingerprint density at radius 2 is 1.84 bits per heavy atom. The normalized spacial score (nSPS) is 37.6. The number of hydrogen-bond donors (Lipinski definition) is 2. The molecule has 0 aromatic carbocycles. The van der Waals surface area contributed by atoms with E-state index in [9.17, 15) is 14.7 Å². The third-order valence-corrected chi connectivity index (χ3v) is 5.36. The summed E-state index contributed by atoms with van der Waals surface area (Å²) in [5.74, 6) is -1.32. The van der Waals surface area contributed by atoms with Gasteiger partial charge in [0, 0.05) is 5.92 Å². The Kier molecular flexibility index (Phi) is 3.09. The van der Waals surface area contributed by atoms with Crippen molar-refractivity contribution in [1.82, 2.24) is 0 Å². The molecule has 2 rings (SSSR count). The van der Waals surface area contributed by atoms with Crippen LogP contribution in [0.3, 0.4) is 0 Å². The number of ketones is 1. The second-order valence-corrected chi connectivity index (χ2v) is 7.91. The molecule has 5 atom stereocenters.